The first-order chi connectivity index (χ1) is 10.1. The highest BCUT2D eigenvalue weighted by atomic mass is 79.9. The summed E-state index contributed by atoms with van der Waals surface area (Å²) >= 11 is 3.54. The molecule has 0 atom stereocenters. The molecule has 0 aromatic heterocycles. The molecule has 0 heterocycles. The molecule has 21 heavy (non-hydrogen) atoms. The highest BCUT2D eigenvalue weighted by Crippen LogP contribution is 2.26. The fourth-order valence-corrected chi connectivity index (χ4v) is 2.46. The molecule has 2 aromatic carbocycles. The van der Waals surface area contributed by atoms with Crippen LogP contribution in [-0.4, -0.2) is 12.8 Å². The minimum Gasteiger partial charge on any atom is -0.492 e. The van der Waals surface area contributed by atoms with Crippen LogP contribution in [0.15, 0.2) is 45.9 Å². The van der Waals surface area contributed by atoms with Crippen molar-refractivity contribution in [3.63, 3.8) is 0 Å². The maximum atomic E-state index is 5.65. The van der Waals surface area contributed by atoms with Crippen molar-refractivity contribution in [1.29, 1.82) is 0 Å². The summed E-state index contributed by atoms with van der Waals surface area (Å²) in [5.74, 6) is 0.876. The van der Waals surface area contributed by atoms with Gasteiger partial charge in [0.2, 0.25) is 0 Å². The van der Waals surface area contributed by atoms with E-state index in [1.807, 2.05) is 36.5 Å². The summed E-state index contributed by atoms with van der Waals surface area (Å²) < 4.78 is 6.61. The molecule has 2 rings (SSSR count). The maximum Gasteiger partial charge on any atom is 0.133 e. The van der Waals surface area contributed by atoms with Crippen molar-refractivity contribution in [3.8, 4) is 5.75 Å². The largest absolute Gasteiger partial charge is 0.492 e. The van der Waals surface area contributed by atoms with Crippen molar-refractivity contribution in [3.05, 3.63) is 57.6 Å². The van der Waals surface area contributed by atoms with Gasteiger partial charge in [-0.05, 0) is 77.2 Å². The van der Waals surface area contributed by atoms with Gasteiger partial charge < -0.3 is 4.74 Å². The van der Waals surface area contributed by atoms with Gasteiger partial charge in [0, 0.05) is 6.21 Å². The lowest BCUT2D eigenvalue weighted by atomic mass is 10.1. The van der Waals surface area contributed by atoms with E-state index in [-0.39, 0.29) is 0 Å². The van der Waals surface area contributed by atoms with Crippen LogP contribution in [0.2, 0.25) is 0 Å². The topological polar surface area (TPSA) is 21.6 Å². The number of rotatable bonds is 5. The number of halogens is 1. The third-order valence-electron chi connectivity index (χ3n) is 3.35. The lowest BCUT2D eigenvalue weighted by Crippen LogP contribution is -1.96. The monoisotopic (exact) mass is 345 g/mol. The maximum absolute atomic E-state index is 5.65. The van der Waals surface area contributed by atoms with Crippen LogP contribution in [0.3, 0.4) is 0 Å². The van der Waals surface area contributed by atoms with Crippen LogP contribution < -0.4 is 4.74 Å². The van der Waals surface area contributed by atoms with Gasteiger partial charge in [-0.2, -0.15) is 0 Å². The van der Waals surface area contributed by atoms with Crippen molar-refractivity contribution in [2.75, 3.05) is 6.61 Å². The molecule has 0 fully saturated rings. The Morgan fingerprint density at radius 3 is 2.71 bits per heavy atom. The van der Waals surface area contributed by atoms with E-state index >= 15 is 0 Å². The van der Waals surface area contributed by atoms with E-state index < -0.39 is 0 Å². The van der Waals surface area contributed by atoms with Gasteiger partial charge in [0.25, 0.3) is 0 Å². The van der Waals surface area contributed by atoms with Crippen LogP contribution in [0.1, 0.15) is 30.0 Å². The molecular formula is C18H20BrNO. The molecule has 2 aromatic rings. The second-order valence-electron chi connectivity index (χ2n) is 5.02. The Kier molecular flexibility index (Phi) is 5.57. The van der Waals surface area contributed by atoms with E-state index in [1.165, 1.54) is 11.1 Å². The fraction of sp³-hybridized carbons (Fsp3) is 0.278. The van der Waals surface area contributed by atoms with Crippen molar-refractivity contribution in [1.82, 2.24) is 0 Å². The zero-order valence-corrected chi connectivity index (χ0v) is 14.3. The Bertz CT molecular complexity index is 650. The molecule has 0 aliphatic rings. The summed E-state index contributed by atoms with van der Waals surface area (Å²) in [7, 11) is 0. The highest BCUT2D eigenvalue weighted by Gasteiger charge is 2.02. The average molecular weight is 346 g/mol. The number of benzene rings is 2. The molecule has 0 bridgehead atoms. The van der Waals surface area contributed by atoms with Crippen LogP contribution in [-0.2, 0) is 0 Å². The van der Waals surface area contributed by atoms with E-state index in [4.69, 9.17) is 4.74 Å². The van der Waals surface area contributed by atoms with Gasteiger partial charge in [0.1, 0.15) is 5.75 Å². The van der Waals surface area contributed by atoms with Gasteiger partial charge in [-0.15, -0.1) is 0 Å². The minimum atomic E-state index is 0.731. The molecule has 0 N–H and O–H groups in total. The highest BCUT2D eigenvalue weighted by molar-refractivity contribution is 9.10. The summed E-state index contributed by atoms with van der Waals surface area (Å²) in [6, 6.07) is 12.2. The van der Waals surface area contributed by atoms with Crippen LogP contribution in [0, 0.1) is 13.8 Å². The molecule has 3 heteroatoms. The molecule has 0 unspecified atom stereocenters. The Morgan fingerprint density at radius 1 is 1.19 bits per heavy atom. The van der Waals surface area contributed by atoms with Gasteiger partial charge in [0.05, 0.1) is 16.8 Å². The first-order valence-electron chi connectivity index (χ1n) is 7.14. The second-order valence-corrected chi connectivity index (χ2v) is 5.87. The summed E-state index contributed by atoms with van der Waals surface area (Å²) in [6.45, 7) is 7.03. The molecule has 110 valence electrons. The van der Waals surface area contributed by atoms with E-state index in [1.54, 1.807) is 0 Å². The summed E-state index contributed by atoms with van der Waals surface area (Å²) in [6.07, 6.45) is 2.89. The third kappa shape index (κ3) is 4.18. The second kappa shape index (κ2) is 7.41. The lowest BCUT2D eigenvalue weighted by Gasteiger charge is -2.07. The first kappa shape index (κ1) is 15.8. The quantitative estimate of drug-likeness (QED) is 0.645. The van der Waals surface area contributed by atoms with Crippen molar-refractivity contribution >= 4 is 27.8 Å². The predicted octanol–water partition coefficient (Wildman–Crippen LogP) is 5.61. The van der Waals surface area contributed by atoms with E-state index in [0.29, 0.717) is 0 Å². The molecule has 0 aliphatic heterocycles. The normalized spacial score (nSPS) is 11.0. The zero-order chi connectivity index (χ0) is 15.2. The fourth-order valence-electron chi connectivity index (χ4n) is 1.95. The summed E-state index contributed by atoms with van der Waals surface area (Å²) in [5, 5.41) is 0. The zero-order valence-electron chi connectivity index (χ0n) is 12.7. The molecule has 0 amide bonds. The van der Waals surface area contributed by atoms with Gasteiger partial charge >= 0.3 is 0 Å². The van der Waals surface area contributed by atoms with Gasteiger partial charge in [-0.3, -0.25) is 4.99 Å². The Morgan fingerprint density at radius 2 is 2.00 bits per heavy atom. The molecule has 0 saturated carbocycles. The van der Waals surface area contributed by atoms with Crippen molar-refractivity contribution in [2.45, 2.75) is 27.2 Å². The first-order valence-corrected chi connectivity index (χ1v) is 7.93. The smallest absolute Gasteiger partial charge is 0.133 e. The van der Waals surface area contributed by atoms with Crippen LogP contribution in [0.5, 0.6) is 5.75 Å². The van der Waals surface area contributed by atoms with Crippen LogP contribution in [0.25, 0.3) is 0 Å². The van der Waals surface area contributed by atoms with Gasteiger partial charge in [0.15, 0.2) is 0 Å². The SMILES string of the molecule is CCCOc1ccc(C=Nc2cccc(C)c2C)cc1Br. The third-order valence-corrected chi connectivity index (χ3v) is 3.97. The number of aryl methyl sites for hydroxylation is 1. The molecular weight excluding hydrogens is 326 g/mol. The number of nitrogens with zero attached hydrogens (tertiary/aromatic N) is 1. The van der Waals surface area contributed by atoms with E-state index in [0.717, 1.165) is 34.5 Å². The van der Waals surface area contributed by atoms with E-state index in [2.05, 4.69) is 47.8 Å². The van der Waals surface area contributed by atoms with Gasteiger partial charge in [-0.1, -0.05) is 19.1 Å². The van der Waals surface area contributed by atoms with Crippen LogP contribution >= 0.6 is 15.9 Å². The number of ether oxygens (including phenoxy) is 1. The summed E-state index contributed by atoms with van der Waals surface area (Å²) in [5.41, 5.74) is 4.54. The minimum absolute atomic E-state index is 0.731. The molecule has 2 nitrogen and oxygen atoms in total. The molecule has 0 aliphatic carbocycles. The predicted molar refractivity (Wildman–Crippen MR) is 93.1 cm³/mol. The molecule has 0 saturated heterocycles. The standard InChI is InChI=1S/C18H20BrNO/c1-4-10-21-18-9-8-15(11-16(18)19)12-20-17-7-5-6-13(2)14(17)3/h5-9,11-12H,4,10H2,1-3H3. The average Bonchev–Trinajstić information content (AvgIpc) is 2.48. The number of aliphatic imine (C=N–C) groups is 1. The van der Waals surface area contributed by atoms with Crippen molar-refractivity contribution < 1.29 is 4.74 Å². The number of hydrogen-bond donors (Lipinski definition) is 0. The molecule has 0 spiro atoms. The van der Waals surface area contributed by atoms with Crippen molar-refractivity contribution in [2.24, 2.45) is 4.99 Å². The lowest BCUT2D eigenvalue weighted by molar-refractivity contribution is 0.315. The Hall–Kier alpha value is -1.61. The van der Waals surface area contributed by atoms with E-state index in [9.17, 15) is 0 Å². The number of hydrogen-bond acceptors (Lipinski definition) is 2. The Balaban J connectivity index is 2.18. The van der Waals surface area contributed by atoms with Crippen LogP contribution in [0.4, 0.5) is 5.69 Å². The Labute approximate surface area is 135 Å². The molecule has 0 radical (unpaired) electrons. The van der Waals surface area contributed by atoms with Gasteiger partial charge in [-0.25, -0.2) is 0 Å². The summed E-state index contributed by atoms with van der Waals surface area (Å²) in [4.78, 5) is 4.58.